The SMILES string of the molecule is C=CC(=O)C(Cl)(Cl)Cl. The van der Waals surface area contributed by atoms with Crippen LogP contribution in [0.15, 0.2) is 12.7 Å². The predicted molar refractivity (Wildman–Crippen MR) is 35.5 cm³/mol. The molecule has 0 rings (SSSR count). The molecule has 0 bridgehead atoms. The summed E-state index contributed by atoms with van der Waals surface area (Å²) in [5.74, 6) is -0.609. The molecular formula is C4H3Cl3O. The monoisotopic (exact) mass is 172 g/mol. The molecule has 0 heterocycles. The highest BCUT2D eigenvalue weighted by molar-refractivity contribution is 6.77. The third-order valence-electron chi connectivity index (χ3n) is 0.465. The largest absolute Gasteiger partial charge is 0.290 e. The summed E-state index contributed by atoms with van der Waals surface area (Å²) in [7, 11) is 0. The van der Waals surface area contributed by atoms with Gasteiger partial charge in [0.15, 0.2) is 0 Å². The van der Waals surface area contributed by atoms with Crippen LogP contribution in [0.3, 0.4) is 0 Å². The number of alkyl halides is 3. The first kappa shape index (κ1) is 8.28. The van der Waals surface area contributed by atoms with Gasteiger partial charge in [-0.1, -0.05) is 41.4 Å². The van der Waals surface area contributed by atoms with E-state index in [1.54, 1.807) is 0 Å². The van der Waals surface area contributed by atoms with Crippen molar-refractivity contribution in [2.45, 2.75) is 3.79 Å². The van der Waals surface area contributed by atoms with Gasteiger partial charge in [-0.2, -0.15) is 0 Å². The lowest BCUT2D eigenvalue weighted by Crippen LogP contribution is -2.14. The van der Waals surface area contributed by atoms with E-state index in [1.165, 1.54) is 0 Å². The van der Waals surface area contributed by atoms with Crippen molar-refractivity contribution < 1.29 is 4.79 Å². The number of carbonyl (C=O) groups is 1. The lowest BCUT2D eigenvalue weighted by molar-refractivity contribution is -0.113. The molecule has 46 valence electrons. The molecule has 0 fully saturated rings. The first-order chi connectivity index (χ1) is 3.48. The van der Waals surface area contributed by atoms with Crippen LogP contribution in [0.25, 0.3) is 0 Å². The zero-order valence-corrected chi connectivity index (χ0v) is 6.09. The van der Waals surface area contributed by atoms with Crippen molar-refractivity contribution in [2.75, 3.05) is 0 Å². The Bertz CT molecular complexity index is 113. The molecular weight excluding hydrogens is 170 g/mol. The highest BCUT2D eigenvalue weighted by atomic mass is 35.6. The van der Waals surface area contributed by atoms with Crippen LogP contribution in [0.2, 0.25) is 0 Å². The summed E-state index contributed by atoms with van der Waals surface area (Å²) >= 11 is 15.3. The van der Waals surface area contributed by atoms with Crippen molar-refractivity contribution >= 4 is 40.6 Å². The van der Waals surface area contributed by atoms with E-state index in [1.807, 2.05) is 0 Å². The molecule has 0 aliphatic rings. The molecule has 0 radical (unpaired) electrons. The molecule has 0 aliphatic heterocycles. The highest BCUT2D eigenvalue weighted by Gasteiger charge is 2.26. The Kier molecular flexibility index (Phi) is 2.81. The van der Waals surface area contributed by atoms with Crippen LogP contribution in [0.4, 0.5) is 0 Å². The molecule has 0 N–H and O–H groups in total. The van der Waals surface area contributed by atoms with Crippen LogP contribution in [0, 0.1) is 0 Å². The predicted octanol–water partition coefficient (Wildman–Crippen LogP) is 2.11. The first-order valence-electron chi connectivity index (χ1n) is 1.72. The fourth-order valence-corrected chi connectivity index (χ4v) is 0.347. The summed E-state index contributed by atoms with van der Waals surface area (Å²) in [6, 6.07) is 0. The van der Waals surface area contributed by atoms with Gasteiger partial charge in [0, 0.05) is 0 Å². The van der Waals surface area contributed by atoms with Crippen LogP contribution in [0.5, 0.6) is 0 Å². The first-order valence-corrected chi connectivity index (χ1v) is 2.85. The minimum Gasteiger partial charge on any atom is -0.290 e. The summed E-state index contributed by atoms with van der Waals surface area (Å²) in [5.41, 5.74) is 0. The summed E-state index contributed by atoms with van der Waals surface area (Å²) in [6.45, 7) is 3.12. The Hall–Kier alpha value is 0.280. The average Bonchev–Trinajstić information content (AvgIpc) is 1.62. The van der Waals surface area contributed by atoms with E-state index in [0.717, 1.165) is 6.08 Å². The zero-order valence-electron chi connectivity index (χ0n) is 3.83. The molecule has 4 heteroatoms. The van der Waals surface area contributed by atoms with Gasteiger partial charge in [-0.25, -0.2) is 0 Å². The molecule has 0 aromatic rings. The Morgan fingerprint density at radius 1 is 1.50 bits per heavy atom. The van der Waals surface area contributed by atoms with Crippen molar-refractivity contribution in [3.63, 3.8) is 0 Å². The minimum atomic E-state index is -1.83. The van der Waals surface area contributed by atoms with Gasteiger partial charge in [0.05, 0.1) is 0 Å². The van der Waals surface area contributed by atoms with Crippen molar-refractivity contribution in [1.29, 1.82) is 0 Å². The highest BCUT2D eigenvalue weighted by Crippen LogP contribution is 2.26. The van der Waals surface area contributed by atoms with Crippen LogP contribution in [-0.4, -0.2) is 9.58 Å². The second kappa shape index (κ2) is 2.72. The van der Waals surface area contributed by atoms with E-state index < -0.39 is 9.58 Å². The fourth-order valence-electron chi connectivity index (χ4n) is 0.116. The van der Waals surface area contributed by atoms with Crippen molar-refractivity contribution in [1.82, 2.24) is 0 Å². The number of rotatable bonds is 1. The Labute approximate surface area is 62.2 Å². The molecule has 0 spiro atoms. The summed E-state index contributed by atoms with van der Waals surface area (Å²) in [6.07, 6.45) is 0.965. The summed E-state index contributed by atoms with van der Waals surface area (Å²) < 4.78 is -1.83. The van der Waals surface area contributed by atoms with Gasteiger partial charge in [-0.15, -0.1) is 0 Å². The number of hydrogen-bond acceptors (Lipinski definition) is 1. The second-order valence-electron chi connectivity index (χ2n) is 1.07. The maximum atomic E-state index is 10.3. The van der Waals surface area contributed by atoms with E-state index in [9.17, 15) is 4.79 Å². The van der Waals surface area contributed by atoms with Crippen molar-refractivity contribution in [3.8, 4) is 0 Å². The van der Waals surface area contributed by atoms with Crippen LogP contribution in [0.1, 0.15) is 0 Å². The molecule has 0 atom stereocenters. The van der Waals surface area contributed by atoms with Gasteiger partial charge >= 0.3 is 0 Å². The second-order valence-corrected chi connectivity index (χ2v) is 3.35. The maximum Gasteiger partial charge on any atom is 0.252 e. The van der Waals surface area contributed by atoms with E-state index in [0.29, 0.717) is 0 Å². The van der Waals surface area contributed by atoms with Gasteiger partial charge in [0.25, 0.3) is 3.79 Å². The van der Waals surface area contributed by atoms with Crippen molar-refractivity contribution in [2.24, 2.45) is 0 Å². The maximum absolute atomic E-state index is 10.3. The van der Waals surface area contributed by atoms with Crippen LogP contribution in [-0.2, 0) is 4.79 Å². The molecule has 0 aliphatic carbocycles. The fraction of sp³-hybridized carbons (Fsp3) is 0.250. The average molecular weight is 173 g/mol. The van der Waals surface area contributed by atoms with Gasteiger partial charge in [0.2, 0.25) is 5.78 Å². The molecule has 0 unspecified atom stereocenters. The van der Waals surface area contributed by atoms with E-state index in [4.69, 9.17) is 34.8 Å². The summed E-state index contributed by atoms with van der Waals surface area (Å²) in [5, 5.41) is 0. The van der Waals surface area contributed by atoms with E-state index in [-0.39, 0.29) is 0 Å². The lowest BCUT2D eigenvalue weighted by atomic mass is 10.4. The quantitative estimate of drug-likeness (QED) is 0.438. The number of halogens is 3. The van der Waals surface area contributed by atoms with E-state index in [2.05, 4.69) is 6.58 Å². The number of ketones is 1. The molecule has 0 saturated heterocycles. The van der Waals surface area contributed by atoms with Gasteiger partial charge in [-0.3, -0.25) is 4.79 Å². The molecule has 0 aromatic carbocycles. The normalized spacial score (nSPS) is 10.9. The minimum absolute atomic E-state index is 0.609. The zero-order chi connectivity index (χ0) is 6.78. The third kappa shape index (κ3) is 2.55. The van der Waals surface area contributed by atoms with E-state index >= 15 is 0 Å². The van der Waals surface area contributed by atoms with Gasteiger partial charge < -0.3 is 0 Å². The van der Waals surface area contributed by atoms with Gasteiger partial charge in [-0.05, 0) is 6.08 Å². The molecule has 1 nitrogen and oxygen atoms in total. The lowest BCUT2D eigenvalue weighted by Gasteiger charge is -2.02. The van der Waals surface area contributed by atoms with Crippen LogP contribution < -0.4 is 0 Å². The molecule has 0 saturated carbocycles. The van der Waals surface area contributed by atoms with Crippen LogP contribution >= 0.6 is 34.8 Å². The molecule has 0 aromatic heterocycles. The number of carbonyl (C=O) groups excluding carboxylic acids is 1. The topological polar surface area (TPSA) is 17.1 Å². The molecule has 0 amide bonds. The van der Waals surface area contributed by atoms with Crippen molar-refractivity contribution in [3.05, 3.63) is 12.7 Å². The number of hydrogen-bond donors (Lipinski definition) is 0. The Balaban J connectivity index is 4.02. The smallest absolute Gasteiger partial charge is 0.252 e. The number of allylic oxidation sites excluding steroid dienone is 1. The Morgan fingerprint density at radius 3 is 1.88 bits per heavy atom. The Morgan fingerprint density at radius 2 is 1.88 bits per heavy atom. The van der Waals surface area contributed by atoms with Gasteiger partial charge in [0.1, 0.15) is 0 Å². The summed E-state index contributed by atoms with van der Waals surface area (Å²) in [4.78, 5) is 10.3. The molecule has 8 heavy (non-hydrogen) atoms. The third-order valence-corrected chi connectivity index (χ3v) is 1.02. The standard InChI is InChI=1S/C4H3Cl3O/c1-2-3(8)4(5,6)7/h2H,1H2.